The first-order chi connectivity index (χ1) is 21.1. The first-order valence-corrected chi connectivity index (χ1v) is 16.4. The number of ether oxygens (including phenoxy) is 1. The van der Waals surface area contributed by atoms with E-state index in [4.69, 9.17) is 16.3 Å². The number of carbonyl (C=O) groups is 1. The second-order valence-corrected chi connectivity index (χ2v) is 13.8. The minimum Gasteiger partial charge on any atom is -0.493 e. The number of aryl methyl sites for hydroxylation is 1. The molecule has 3 aliphatic carbocycles. The minimum atomic E-state index is -1.09. The molecule has 44 heavy (non-hydrogen) atoms. The van der Waals surface area contributed by atoms with E-state index in [1.54, 1.807) is 19.1 Å². The van der Waals surface area contributed by atoms with Gasteiger partial charge in [-0.2, -0.15) is 0 Å². The summed E-state index contributed by atoms with van der Waals surface area (Å²) in [4.78, 5) is 17.4. The Hall–Kier alpha value is -3.35. The number of carboxylic acids is 1. The predicted octanol–water partition coefficient (Wildman–Crippen LogP) is 8.48. The molecule has 3 aromatic rings. The van der Waals surface area contributed by atoms with E-state index in [2.05, 4.69) is 42.4 Å². The van der Waals surface area contributed by atoms with Crippen LogP contribution in [0.2, 0.25) is 5.02 Å². The van der Waals surface area contributed by atoms with Gasteiger partial charge in [0.1, 0.15) is 11.3 Å². The lowest BCUT2D eigenvalue weighted by Gasteiger charge is -2.46. The number of fused-ring (bicyclic) bond motifs is 3. The number of aliphatic carboxylic acids is 1. The maximum atomic E-state index is 12.8. The molecular formula is C37H43ClN2O4. The van der Waals surface area contributed by atoms with Crippen LogP contribution in [0.1, 0.15) is 106 Å². The van der Waals surface area contributed by atoms with Crippen molar-refractivity contribution < 1.29 is 19.7 Å². The summed E-state index contributed by atoms with van der Waals surface area (Å²) >= 11 is 6.23. The van der Waals surface area contributed by atoms with Crippen LogP contribution in [-0.4, -0.2) is 33.3 Å². The molecule has 6 rings (SSSR count). The fourth-order valence-electron chi connectivity index (χ4n) is 7.79. The van der Waals surface area contributed by atoms with Crippen molar-refractivity contribution in [2.45, 2.75) is 95.1 Å². The zero-order valence-corrected chi connectivity index (χ0v) is 26.7. The number of allylic oxidation sites excluding steroid dienone is 1. The van der Waals surface area contributed by atoms with Crippen molar-refractivity contribution in [2.75, 3.05) is 11.9 Å². The first kappa shape index (κ1) is 30.7. The zero-order valence-electron chi connectivity index (χ0n) is 25.9. The maximum absolute atomic E-state index is 12.8. The summed E-state index contributed by atoms with van der Waals surface area (Å²) in [5, 5.41) is 24.9. The molecule has 0 aliphatic heterocycles. The van der Waals surface area contributed by atoms with E-state index in [0.717, 1.165) is 30.6 Å². The number of rotatable bonds is 9. The Bertz CT molecular complexity index is 1570. The summed E-state index contributed by atoms with van der Waals surface area (Å²) in [7, 11) is 0. The molecular weight excluding hydrogens is 572 g/mol. The lowest BCUT2D eigenvalue weighted by Crippen LogP contribution is -2.52. The molecule has 3 atom stereocenters. The SMILES string of the molecule is C[C@@H](COc1ccnc2c1[C@H](C)CCC2)CC1=Cc2ccc([C@@H](C)O)cc2C12CCC(Nc1cccc(Cl)c1)(C(=O)O)CC2. The Morgan fingerprint density at radius 2 is 1.93 bits per heavy atom. The molecule has 1 saturated carbocycles. The molecule has 2 aromatic carbocycles. The fraction of sp³-hybridized carbons (Fsp3) is 0.459. The molecule has 3 aliphatic rings. The quantitative estimate of drug-likeness (QED) is 0.224. The van der Waals surface area contributed by atoms with Gasteiger partial charge >= 0.3 is 5.97 Å². The van der Waals surface area contributed by atoms with Crippen LogP contribution in [0.5, 0.6) is 5.75 Å². The third-order valence-corrected chi connectivity index (χ3v) is 10.5. The topological polar surface area (TPSA) is 91.7 Å². The molecule has 0 unspecified atom stereocenters. The molecule has 7 heteroatoms. The van der Waals surface area contributed by atoms with E-state index in [1.165, 1.54) is 34.4 Å². The average molecular weight is 615 g/mol. The monoisotopic (exact) mass is 614 g/mol. The molecule has 1 aromatic heterocycles. The van der Waals surface area contributed by atoms with Crippen LogP contribution in [0.4, 0.5) is 5.69 Å². The van der Waals surface area contributed by atoms with Crippen LogP contribution in [0.3, 0.4) is 0 Å². The molecule has 0 amide bonds. The van der Waals surface area contributed by atoms with E-state index >= 15 is 0 Å². The molecule has 0 bridgehead atoms. The third kappa shape index (κ3) is 5.75. The van der Waals surface area contributed by atoms with Gasteiger partial charge in [-0.25, -0.2) is 4.79 Å². The van der Waals surface area contributed by atoms with Crippen molar-refractivity contribution in [3.63, 3.8) is 0 Å². The number of nitrogens with one attached hydrogen (secondary N) is 1. The zero-order chi connectivity index (χ0) is 31.1. The van der Waals surface area contributed by atoms with E-state index < -0.39 is 17.6 Å². The maximum Gasteiger partial charge on any atom is 0.329 e. The van der Waals surface area contributed by atoms with Gasteiger partial charge in [0.2, 0.25) is 0 Å². The number of benzene rings is 2. The summed E-state index contributed by atoms with van der Waals surface area (Å²) in [5.41, 5.74) is 6.38. The Labute approximate surface area is 265 Å². The summed E-state index contributed by atoms with van der Waals surface area (Å²) < 4.78 is 6.49. The molecule has 0 radical (unpaired) electrons. The van der Waals surface area contributed by atoms with Crippen LogP contribution >= 0.6 is 11.6 Å². The van der Waals surface area contributed by atoms with Gasteiger partial charge in [-0.15, -0.1) is 0 Å². The van der Waals surface area contributed by atoms with Crippen molar-refractivity contribution in [2.24, 2.45) is 5.92 Å². The van der Waals surface area contributed by atoms with Gasteiger partial charge in [0.25, 0.3) is 0 Å². The standard InChI is InChI=1S/C37H43ClN2O4/c1-23(22-44-33-12-17-39-32-9-4-6-24(2)34(32)33)18-28-19-27-11-10-26(25(3)41)20-31(27)36(28)13-15-37(16-14-36,35(42)43)40-30-8-5-7-29(38)21-30/h5,7-8,10-12,17,19-21,23-25,40-41H,4,6,9,13-16,18,22H2,1-3H3,(H,42,43)/t23-,24-,25-,36?,37?/m1/s1. The van der Waals surface area contributed by atoms with Crippen molar-refractivity contribution in [3.8, 4) is 5.75 Å². The number of aliphatic hydroxyl groups excluding tert-OH is 1. The second-order valence-electron chi connectivity index (χ2n) is 13.4. The van der Waals surface area contributed by atoms with Gasteiger partial charge in [-0.3, -0.25) is 4.98 Å². The highest BCUT2D eigenvalue weighted by Crippen LogP contribution is 2.55. The summed E-state index contributed by atoms with van der Waals surface area (Å²) in [6.45, 7) is 6.90. The smallest absolute Gasteiger partial charge is 0.329 e. The minimum absolute atomic E-state index is 0.252. The van der Waals surface area contributed by atoms with Crippen molar-refractivity contribution >= 4 is 29.3 Å². The number of aromatic nitrogens is 1. The van der Waals surface area contributed by atoms with Crippen LogP contribution in [0.15, 0.2) is 60.3 Å². The average Bonchev–Trinajstić information content (AvgIpc) is 3.28. The summed E-state index contributed by atoms with van der Waals surface area (Å²) in [6, 6.07) is 15.5. The Morgan fingerprint density at radius 3 is 2.66 bits per heavy atom. The van der Waals surface area contributed by atoms with Crippen LogP contribution in [0, 0.1) is 5.92 Å². The number of aliphatic hydroxyl groups is 1. The molecule has 0 saturated heterocycles. The summed E-state index contributed by atoms with van der Waals surface area (Å²) in [5.74, 6) is 0.825. The Kier molecular flexibility index (Phi) is 8.51. The van der Waals surface area contributed by atoms with Crippen molar-refractivity contribution in [1.82, 2.24) is 4.98 Å². The number of nitrogens with zero attached hydrogens (tertiary/aromatic N) is 1. The normalized spacial score (nSPS) is 25.5. The molecule has 6 nitrogen and oxygen atoms in total. The van der Waals surface area contributed by atoms with Gasteiger partial charge < -0.3 is 20.3 Å². The van der Waals surface area contributed by atoms with Crippen molar-refractivity contribution in [3.05, 3.63) is 93.3 Å². The predicted molar refractivity (Wildman–Crippen MR) is 176 cm³/mol. The highest BCUT2D eigenvalue weighted by atomic mass is 35.5. The molecule has 1 heterocycles. The van der Waals surface area contributed by atoms with Crippen LogP contribution in [-0.2, 0) is 16.6 Å². The Morgan fingerprint density at radius 1 is 1.14 bits per heavy atom. The molecule has 1 spiro atoms. The first-order valence-electron chi connectivity index (χ1n) is 16.0. The van der Waals surface area contributed by atoms with E-state index in [1.807, 2.05) is 30.5 Å². The van der Waals surface area contributed by atoms with E-state index in [0.29, 0.717) is 48.9 Å². The summed E-state index contributed by atoms with van der Waals surface area (Å²) in [6.07, 6.45) is 10.1. The van der Waals surface area contributed by atoms with E-state index in [9.17, 15) is 15.0 Å². The number of carboxylic acid groups (broad SMARTS) is 1. The van der Waals surface area contributed by atoms with E-state index in [-0.39, 0.29) is 11.3 Å². The fourth-order valence-corrected chi connectivity index (χ4v) is 7.98. The van der Waals surface area contributed by atoms with Gasteiger partial charge in [0, 0.05) is 33.6 Å². The highest BCUT2D eigenvalue weighted by molar-refractivity contribution is 6.30. The van der Waals surface area contributed by atoms with Gasteiger partial charge in [0.05, 0.1) is 12.7 Å². The third-order valence-electron chi connectivity index (χ3n) is 10.3. The largest absolute Gasteiger partial charge is 0.493 e. The number of halogens is 1. The number of hydrogen-bond acceptors (Lipinski definition) is 5. The number of hydrogen-bond donors (Lipinski definition) is 3. The Balaban J connectivity index is 1.25. The van der Waals surface area contributed by atoms with Crippen molar-refractivity contribution in [1.29, 1.82) is 0 Å². The lowest BCUT2D eigenvalue weighted by atomic mass is 9.61. The van der Waals surface area contributed by atoms with Crippen LogP contribution < -0.4 is 10.1 Å². The number of pyridine rings is 1. The highest BCUT2D eigenvalue weighted by Gasteiger charge is 2.51. The molecule has 1 fully saturated rings. The van der Waals surface area contributed by atoms with Gasteiger partial charge in [-0.05, 0) is 111 Å². The van der Waals surface area contributed by atoms with Gasteiger partial charge in [-0.1, -0.05) is 61.4 Å². The molecule has 232 valence electrons. The second kappa shape index (κ2) is 12.2. The molecule has 3 N–H and O–H groups in total. The number of anilines is 1. The van der Waals surface area contributed by atoms with Crippen LogP contribution in [0.25, 0.3) is 6.08 Å². The van der Waals surface area contributed by atoms with Gasteiger partial charge in [0.15, 0.2) is 0 Å². The lowest BCUT2D eigenvalue weighted by molar-refractivity contribution is -0.143.